The summed E-state index contributed by atoms with van der Waals surface area (Å²) in [5, 5.41) is 9.14. The molecule has 0 spiro atoms. The summed E-state index contributed by atoms with van der Waals surface area (Å²) in [6.07, 6.45) is 7.18. The highest BCUT2D eigenvalue weighted by Gasteiger charge is 2.30. The molecule has 2 rings (SSSR count). The summed E-state index contributed by atoms with van der Waals surface area (Å²) in [6, 6.07) is 4.70. The Hall–Kier alpha value is -1.56. The number of pyridine rings is 1. The van der Waals surface area contributed by atoms with Crippen molar-refractivity contribution in [2.45, 2.75) is 39.2 Å². The van der Waals surface area contributed by atoms with Crippen molar-refractivity contribution in [3.63, 3.8) is 0 Å². The molecule has 0 aromatic carbocycles. The van der Waals surface area contributed by atoms with Crippen LogP contribution in [0, 0.1) is 17.2 Å². The maximum atomic E-state index is 9.14. The van der Waals surface area contributed by atoms with Crippen molar-refractivity contribution in [2.24, 2.45) is 5.92 Å². The number of aromatic nitrogens is 1. The first-order valence-electron chi connectivity index (χ1n) is 6.33. The van der Waals surface area contributed by atoms with E-state index in [1.165, 1.54) is 12.8 Å². The van der Waals surface area contributed by atoms with E-state index in [4.69, 9.17) is 5.26 Å². The molecule has 1 saturated carbocycles. The van der Waals surface area contributed by atoms with Gasteiger partial charge in [-0.15, -0.1) is 0 Å². The molecule has 1 fully saturated rings. The fourth-order valence-corrected chi connectivity index (χ4v) is 1.99. The predicted molar refractivity (Wildman–Crippen MR) is 68.8 cm³/mol. The average molecular weight is 229 g/mol. The standard InChI is InChI=1S/C14H19N3/c1-11(2)6-8-17(13-3-4-13)14-10-16-7-5-12(14)9-15/h5,7,10-11,13H,3-4,6,8H2,1-2H3. The Labute approximate surface area is 103 Å². The summed E-state index contributed by atoms with van der Waals surface area (Å²) in [4.78, 5) is 6.53. The molecule has 0 saturated heterocycles. The molecule has 17 heavy (non-hydrogen) atoms. The molecule has 1 aromatic heterocycles. The van der Waals surface area contributed by atoms with E-state index in [0.717, 1.165) is 24.2 Å². The summed E-state index contributed by atoms with van der Waals surface area (Å²) in [7, 11) is 0. The number of nitrogens with zero attached hydrogens (tertiary/aromatic N) is 3. The zero-order chi connectivity index (χ0) is 12.3. The van der Waals surface area contributed by atoms with Gasteiger partial charge in [0.25, 0.3) is 0 Å². The van der Waals surface area contributed by atoms with Gasteiger partial charge in [-0.2, -0.15) is 5.26 Å². The Kier molecular flexibility index (Phi) is 3.63. The molecule has 0 aliphatic heterocycles. The van der Waals surface area contributed by atoms with Crippen molar-refractivity contribution in [3.05, 3.63) is 24.0 Å². The zero-order valence-electron chi connectivity index (χ0n) is 10.6. The number of rotatable bonds is 5. The Bertz CT molecular complexity index is 416. The van der Waals surface area contributed by atoms with Crippen LogP contribution in [0.15, 0.2) is 18.5 Å². The van der Waals surface area contributed by atoms with Crippen molar-refractivity contribution in [1.82, 2.24) is 4.98 Å². The molecule has 3 nitrogen and oxygen atoms in total. The maximum Gasteiger partial charge on any atom is 0.101 e. The van der Waals surface area contributed by atoms with Crippen LogP contribution in [0.3, 0.4) is 0 Å². The van der Waals surface area contributed by atoms with Gasteiger partial charge < -0.3 is 4.90 Å². The molecular formula is C14H19N3. The lowest BCUT2D eigenvalue weighted by Gasteiger charge is -2.26. The van der Waals surface area contributed by atoms with Gasteiger partial charge in [0, 0.05) is 18.8 Å². The van der Waals surface area contributed by atoms with E-state index in [0.29, 0.717) is 12.0 Å². The molecule has 3 heteroatoms. The SMILES string of the molecule is CC(C)CCN(c1cnccc1C#N)C1CC1. The average Bonchev–Trinajstić information content (AvgIpc) is 3.14. The van der Waals surface area contributed by atoms with E-state index in [9.17, 15) is 0 Å². The second kappa shape index (κ2) is 5.18. The summed E-state index contributed by atoms with van der Waals surface area (Å²) in [6.45, 7) is 5.50. The number of nitriles is 1. The van der Waals surface area contributed by atoms with Crippen molar-refractivity contribution >= 4 is 5.69 Å². The van der Waals surface area contributed by atoms with E-state index < -0.39 is 0 Å². The Morgan fingerprint density at radius 1 is 1.53 bits per heavy atom. The topological polar surface area (TPSA) is 39.9 Å². The minimum Gasteiger partial charge on any atom is -0.366 e. The van der Waals surface area contributed by atoms with Crippen molar-refractivity contribution in [1.29, 1.82) is 5.26 Å². The number of hydrogen-bond donors (Lipinski definition) is 0. The molecule has 0 atom stereocenters. The summed E-state index contributed by atoms with van der Waals surface area (Å²) >= 11 is 0. The van der Waals surface area contributed by atoms with Gasteiger partial charge in [-0.05, 0) is 31.2 Å². The van der Waals surface area contributed by atoms with Crippen LogP contribution in [0.1, 0.15) is 38.7 Å². The van der Waals surface area contributed by atoms with Gasteiger partial charge >= 0.3 is 0 Å². The van der Waals surface area contributed by atoms with E-state index in [1.807, 2.05) is 6.20 Å². The maximum absolute atomic E-state index is 9.14. The molecule has 0 bridgehead atoms. The van der Waals surface area contributed by atoms with Gasteiger partial charge in [0.1, 0.15) is 6.07 Å². The van der Waals surface area contributed by atoms with Crippen LogP contribution in [0.4, 0.5) is 5.69 Å². The third kappa shape index (κ3) is 2.97. The zero-order valence-corrected chi connectivity index (χ0v) is 10.6. The van der Waals surface area contributed by atoms with Crippen LogP contribution in [0.5, 0.6) is 0 Å². The van der Waals surface area contributed by atoms with Gasteiger partial charge in [0.2, 0.25) is 0 Å². The number of hydrogen-bond acceptors (Lipinski definition) is 3. The van der Waals surface area contributed by atoms with Gasteiger partial charge in [-0.25, -0.2) is 0 Å². The second-order valence-corrected chi connectivity index (χ2v) is 5.11. The van der Waals surface area contributed by atoms with Gasteiger partial charge in [-0.3, -0.25) is 4.98 Å². The lowest BCUT2D eigenvalue weighted by atomic mass is 10.1. The fraction of sp³-hybridized carbons (Fsp3) is 0.571. The highest BCUT2D eigenvalue weighted by Crippen LogP contribution is 2.33. The van der Waals surface area contributed by atoms with Crippen molar-refractivity contribution in [3.8, 4) is 6.07 Å². The first kappa shape index (κ1) is 11.9. The minimum absolute atomic E-state index is 0.630. The lowest BCUT2D eigenvalue weighted by molar-refractivity contribution is 0.570. The van der Waals surface area contributed by atoms with Crippen LogP contribution in [0.2, 0.25) is 0 Å². The molecular weight excluding hydrogens is 210 g/mol. The van der Waals surface area contributed by atoms with Crippen molar-refractivity contribution in [2.75, 3.05) is 11.4 Å². The minimum atomic E-state index is 0.630. The van der Waals surface area contributed by atoms with Gasteiger partial charge in [0.15, 0.2) is 0 Å². The first-order chi connectivity index (χ1) is 8.22. The molecule has 1 aliphatic rings. The van der Waals surface area contributed by atoms with Crippen LogP contribution in [-0.4, -0.2) is 17.6 Å². The largest absolute Gasteiger partial charge is 0.366 e. The molecule has 0 amide bonds. The second-order valence-electron chi connectivity index (χ2n) is 5.11. The molecule has 0 unspecified atom stereocenters. The molecule has 1 aromatic rings. The third-order valence-electron chi connectivity index (χ3n) is 3.16. The molecule has 1 heterocycles. The normalized spacial score (nSPS) is 14.7. The van der Waals surface area contributed by atoms with Crippen LogP contribution in [0.25, 0.3) is 0 Å². The Morgan fingerprint density at radius 3 is 2.88 bits per heavy atom. The monoisotopic (exact) mass is 229 g/mol. The highest BCUT2D eigenvalue weighted by molar-refractivity contribution is 5.58. The molecule has 0 N–H and O–H groups in total. The van der Waals surface area contributed by atoms with E-state index in [-0.39, 0.29) is 0 Å². The van der Waals surface area contributed by atoms with Gasteiger partial charge in [0.05, 0.1) is 17.4 Å². The lowest BCUT2D eigenvalue weighted by Crippen LogP contribution is -2.28. The predicted octanol–water partition coefficient (Wildman–Crippen LogP) is 2.97. The third-order valence-corrected chi connectivity index (χ3v) is 3.16. The van der Waals surface area contributed by atoms with E-state index >= 15 is 0 Å². The smallest absolute Gasteiger partial charge is 0.101 e. The first-order valence-corrected chi connectivity index (χ1v) is 6.33. The molecule has 0 radical (unpaired) electrons. The summed E-state index contributed by atoms with van der Waals surface area (Å²) in [5.41, 5.74) is 1.76. The van der Waals surface area contributed by atoms with E-state index in [1.54, 1.807) is 12.3 Å². The van der Waals surface area contributed by atoms with E-state index in [2.05, 4.69) is 29.8 Å². The summed E-state index contributed by atoms with van der Waals surface area (Å²) in [5.74, 6) is 0.693. The Morgan fingerprint density at radius 2 is 2.29 bits per heavy atom. The van der Waals surface area contributed by atoms with Crippen LogP contribution < -0.4 is 4.90 Å². The quantitative estimate of drug-likeness (QED) is 0.779. The summed E-state index contributed by atoms with van der Waals surface area (Å²) < 4.78 is 0. The molecule has 1 aliphatic carbocycles. The van der Waals surface area contributed by atoms with Crippen molar-refractivity contribution < 1.29 is 0 Å². The van der Waals surface area contributed by atoms with Crippen LogP contribution >= 0.6 is 0 Å². The number of anilines is 1. The van der Waals surface area contributed by atoms with Crippen LogP contribution in [-0.2, 0) is 0 Å². The Balaban J connectivity index is 2.17. The molecule has 90 valence electrons. The van der Waals surface area contributed by atoms with Gasteiger partial charge in [-0.1, -0.05) is 13.8 Å². The fourth-order valence-electron chi connectivity index (χ4n) is 1.99. The highest BCUT2D eigenvalue weighted by atomic mass is 15.2.